The number of ether oxygens (including phenoxy) is 2. The van der Waals surface area contributed by atoms with E-state index in [9.17, 15) is 5.11 Å². The quantitative estimate of drug-likeness (QED) is 0.619. The Bertz CT molecular complexity index is 166. The Morgan fingerprint density at radius 3 is 1.80 bits per heavy atom. The third kappa shape index (κ3) is 3.12. The van der Waals surface area contributed by atoms with Crippen LogP contribution < -0.4 is 0 Å². The molecular weight excluding hydrogens is 196 g/mol. The predicted octanol–water partition coefficient (Wildman–Crippen LogP) is 0.155. The maximum atomic E-state index is 10.0. The lowest BCUT2D eigenvalue weighted by molar-refractivity contribution is -0.332. The summed E-state index contributed by atoms with van der Waals surface area (Å²) in [6, 6.07) is 0. The van der Waals surface area contributed by atoms with Gasteiger partial charge in [-0.05, 0) is 42.0 Å². The Hall–Kier alpha value is -0.200. The Labute approximate surface area is 92.6 Å². The van der Waals surface area contributed by atoms with Crippen molar-refractivity contribution in [2.24, 2.45) is 0 Å². The Kier molecular flexibility index (Phi) is 6.31. The average Bonchev–Trinajstić information content (AvgIpc) is 2.13. The first kappa shape index (κ1) is 14.8. The summed E-state index contributed by atoms with van der Waals surface area (Å²) in [4.78, 5) is 3.60. The number of nitrogens with zero attached hydrogens (tertiary/aromatic N) is 2. The van der Waals surface area contributed by atoms with Crippen LogP contribution in [0.3, 0.4) is 0 Å². The van der Waals surface area contributed by atoms with Gasteiger partial charge >= 0.3 is 0 Å². The molecule has 0 rings (SSSR count). The highest BCUT2D eigenvalue weighted by Gasteiger charge is 2.44. The van der Waals surface area contributed by atoms with Crippen LogP contribution in [0.4, 0.5) is 0 Å². The molecule has 0 saturated carbocycles. The molecule has 0 aromatic rings. The van der Waals surface area contributed by atoms with Crippen molar-refractivity contribution in [3.05, 3.63) is 0 Å². The van der Waals surface area contributed by atoms with E-state index in [0.29, 0.717) is 13.2 Å². The van der Waals surface area contributed by atoms with E-state index >= 15 is 0 Å². The molecule has 0 aliphatic carbocycles. The van der Waals surface area contributed by atoms with Crippen molar-refractivity contribution in [2.45, 2.75) is 26.0 Å². The molecule has 1 unspecified atom stereocenters. The Morgan fingerprint density at radius 2 is 1.53 bits per heavy atom. The van der Waals surface area contributed by atoms with E-state index in [1.807, 2.05) is 42.0 Å². The molecule has 5 nitrogen and oxygen atoms in total. The molecule has 92 valence electrons. The fourth-order valence-electron chi connectivity index (χ4n) is 1.65. The van der Waals surface area contributed by atoms with Gasteiger partial charge in [0.1, 0.15) is 0 Å². The lowest BCUT2D eigenvalue weighted by Gasteiger charge is -2.46. The van der Waals surface area contributed by atoms with Crippen LogP contribution >= 0.6 is 0 Å². The summed E-state index contributed by atoms with van der Waals surface area (Å²) in [6.07, 6.45) is -1.01. The van der Waals surface area contributed by atoms with Gasteiger partial charge in [-0.2, -0.15) is 0 Å². The SMILES string of the molecule is CCOC(O)C(OCC)(N(C)C)N(C)C. The van der Waals surface area contributed by atoms with Crippen molar-refractivity contribution in [1.29, 1.82) is 0 Å². The Morgan fingerprint density at radius 1 is 1.07 bits per heavy atom. The second kappa shape index (κ2) is 6.40. The van der Waals surface area contributed by atoms with Crippen molar-refractivity contribution in [3.63, 3.8) is 0 Å². The summed E-state index contributed by atoms with van der Waals surface area (Å²) in [6.45, 7) is 4.67. The van der Waals surface area contributed by atoms with Crippen molar-refractivity contribution < 1.29 is 14.6 Å². The zero-order chi connectivity index (χ0) is 12.1. The van der Waals surface area contributed by atoms with E-state index in [4.69, 9.17) is 9.47 Å². The first-order chi connectivity index (χ1) is 6.93. The maximum Gasteiger partial charge on any atom is 0.231 e. The molecule has 5 heteroatoms. The molecule has 0 fully saturated rings. The highest BCUT2D eigenvalue weighted by Crippen LogP contribution is 2.22. The third-order valence-corrected chi connectivity index (χ3v) is 2.28. The molecule has 0 aromatic carbocycles. The van der Waals surface area contributed by atoms with Crippen LogP contribution in [0.25, 0.3) is 0 Å². The smallest absolute Gasteiger partial charge is 0.231 e. The summed E-state index contributed by atoms with van der Waals surface area (Å²) in [5.74, 6) is -0.940. The lowest BCUT2D eigenvalue weighted by atomic mass is 10.3. The van der Waals surface area contributed by atoms with Crippen molar-refractivity contribution >= 4 is 0 Å². The normalized spacial score (nSPS) is 15.0. The van der Waals surface area contributed by atoms with Gasteiger partial charge in [0.25, 0.3) is 0 Å². The fourth-order valence-corrected chi connectivity index (χ4v) is 1.65. The number of hydrogen-bond donors (Lipinski definition) is 1. The molecule has 1 N–H and O–H groups in total. The molecule has 0 aliphatic heterocycles. The monoisotopic (exact) mass is 220 g/mol. The maximum absolute atomic E-state index is 10.0. The number of rotatable bonds is 7. The largest absolute Gasteiger partial charge is 0.363 e. The number of aliphatic hydroxyl groups is 1. The van der Waals surface area contributed by atoms with Gasteiger partial charge in [0, 0.05) is 13.2 Å². The van der Waals surface area contributed by atoms with Gasteiger partial charge in [0.05, 0.1) is 0 Å². The number of aliphatic hydroxyl groups excluding tert-OH is 1. The number of hydrogen-bond acceptors (Lipinski definition) is 5. The van der Waals surface area contributed by atoms with E-state index in [1.54, 1.807) is 9.80 Å². The molecule has 0 aromatic heterocycles. The van der Waals surface area contributed by atoms with Crippen LogP contribution in [0.2, 0.25) is 0 Å². The van der Waals surface area contributed by atoms with E-state index in [0.717, 1.165) is 0 Å². The van der Waals surface area contributed by atoms with Gasteiger partial charge in [0.15, 0.2) is 0 Å². The highest BCUT2D eigenvalue weighted by atomic mass is 16.7. The molecule has 15 heavy (non-hydrogen) atoms. The van der Waals surface area contributed by atoms with Gasteiger partial charge in [-0.1, -0.05) is 0 Å². The Balaban J connectivity index is 4.93. The zero-order valence-electron chi connectivity index (χ0n) is 10.6. The average molecular weight is 220 g/mol. The summed E-state index contributed by atoms with van der Waals surface area (Å²) in [5.41, 5.74) is 0. The molecule has 0 saturated heterocycles. The van der Waals surface area contributed by atoms with E-state index in [1.165, 1.54) is 0 Å². The fraction of sp³-hybridized carbons (Fsp3) is 1.00. The number of likely N-dealkylation sites (N-methyl/N-ethyl adjacent to an activating group) is 2. The minimum Gasteiger partial charge on any atom is -0.363 e. The van der Waals surface area contributed by atoms with Crippen molar-refractivity contribution in [1.82, 2.24) is 9.80 Å². The van der Waals surface area contributed by atoms with E-state index in [2.05, 4.69) is 0 Å². The van der Waals surface area contributed by atoms with Gasteiger partial charge in [-0.25, -0.2) is 0 Å². The molecule has 0 spiro atoms. The third-order valence-electron chi connectivity index (χ3n) is 2.28. The molecule has 0 aliphatic rings. The second-order valence-corrected chi connectivity index (χ2v) is 3.69. The van der Waals surface area contributed by atoms with Crippen LogP contribution in [0.1, 0.15) is 13.8 Å². The molecular formula is C10H24N2O3. The molecule has 0 heterocycles. The molecule has 0 amide bonds. The van der Waals surface area contributed by atoms with E-state index in [-0.39, 0.29) is 0 Å². The van der Waals surface area contributed by atoms with Crippen LogP contribution in [0.5, 0.6) is 0 Å². The van der Waals surface area contributed by atoms with E-state index < -0.39 is 12.1 Å². The minimum absolute atomic E-state index is 0.442. The van der Waals surface area contributed by atoms with Crippen LogP contribution in [0, 0.1) is 0 Å². The minimum atomic E-state index is -1.01. The first-order valence-electron chi connectivity index (χ1n) is 5.21. The standard InChI is InChI=1S/C10H24N2O3/c1-7-14-9(13)10(11(3)4,12(5)6)15-8-2/h9,13H,7-8H2,1-6H3. The summed E-state index contributed by atoms with van der Waals surface area (Å²) >= 11 is 0. The van der Waals surface area contributed by atoms with Gasteiger partial charge in [0.2, 0.25) is 12.1 Å². The first-order valence-corrected chi connectivity index (χ1v) is 5.21. The lowest BCUT2D eigenvalue weighted by Crippen LogP contribution is -2.65. The van der Waals surface area contributed by atoms with Gasteiger partial charge in [-0.3, -0.25) is 9.80 Å². The second-order valence-electron chi connectivity index (χ2n) is 3.69. The van der Waals surface area contributed by atoms with Crippen LogP contribution in [-0.2, 0) is 9.47 Å². The molecule has 1 atom stereocenters. The molecule has 0 radical (unpaired) electrons. The van der Waals surface area contributed by atoms with Gasteiger partial charge < -0.3 is 14.6 Å². The van der Waals surface area contributed by atoms with Crippen molar-refractivity contribution in [3.8, 4) is 0 Å². The predicted molar refractivity (Wildman–Crippen MR) is 59.4 cm³/mol. The highest BCUT2D eigenvalue weighted by molar-refractivity contribution is 4.78. The van der Waals surface area contributed by atoms with Crippen molar-refractivity contribution in [2.75, 3.05) is 41.4 Å². The topological polar surface area (TPSA) is 45.2 Å². The summed E-state index contributed by atoms with van der Waals surface area (Å²) < 4.78 is 10.9. The summed E-state index contributed by atoms with van der Waals surface area (Å²) in [5, 5.41) is 10.0. The zero-order valence-corrected chi connectivity index (χ0v) is 10.6. The van der Waals surface area contributed by atoms with Crippen LogP contribution in [-0.4, -0.2) is 68.4 Å². The van der Waals surface area contributed by atoms with Crippen LogP contribution in [0.15, 0.2) is 0 Å². The summed E-state index contributed by atoms with van der Waals surface area (Å²) in [7, 11) is 7.38. The molecule has 0 bridgehead atoms. The van der Waals surface area contributed by atoms with Gasteiger partial charge in [-0.15, -0.1) is 0 Å².